The lowest BCUT2D eigenvalue weighted by molar-refractivity contribution is 0.0386. The van der Waals surface area contributed by atoms with Crippen LogP contribution < -0.4 is 5.73 Å². The van der Waals surface area contributed by atoms with Crippen LogP contribution in [0.5, 0.6) is 0 Å². The van der Waals surface area contributed by atoms with Crippen molar-refractivity contribution in [3.63, 3.8) is 0 Å². The summed E-state index contributed by atoms with van der Waals surface area (Å²) in [5.74, 6) is 1.19. The van der Waals surface area contributed by atoms with E-state index in [0.29, 0.717) is 17.9 Å². The zero-order valence-electron chi connectivity index (χ0n) is 7.55. The van der Waals surface area contributed by atoms with Crippen molar-refractivity contribution in [2.75, 3.05) is 13.2 Å². The Labute approximate surface area is 69.1 Å². The summed E-state index contributed by atoms with van der Waals surface area (Å²) in [6.07, 6.45) is 2.43. The third-order valence-corrected chi connectivity index (χ3v) is 2.51. The van der Waals surface area contributed by atoms with Gasteiger partial charge in [-0.2, -0.15) is 0 Å². The molecule has 0 radical (unpaired) electrons. The molecule has 2 atom stereocenters. The van der Waals surface area contributed by atoms with Crippen molar-refractivity contribution < 1.29 is 4.74 Å². The fraction of sp³-hybridized carbons (Fsp3) is 1.00. The van der Waals surface area contributed by atoms with Crippen LogP contribution >= 0.6 is 0 Å². The van der Waals surface area contributed by atoms with Gasteiger partial charge in [0.2, 0.25) is 0 Å². The first-order valence-electron chi connectivity index (χ1n) is 4.55. The van der Waals surface area contributed by atoms with Gasteiger partial charge in [-0.1, -0.05) is 13.8 Å². The highest BCUT2D eigenvalue weighted by atomic mass is 16.5. The second-order valence-corrected chi connectivity index (χ2v) is 3.80. The van der Waals surface area contributed by atoms with Crippen LogP contribution in [0.15, 0.2) is 0 Å². The maximum absolute atomic E-state index is 6.01. The molecule has 1 heterocycles. The Morgan fingerprint density at radius 3 is 2.64 bits per heavy atom. The van der Waals surface area contributed by atoms with Gasteiger partial charge < -0.3 is 10.5 Å². The molecule has 0 amide bonds. The minimum absolute atomic E-state index is 0.329. The molecule has 1 rings (SSSR count). The van der Waals surface area contributed by atoms with Crippen LogP contribution in [0, 0.1) is 11.8 Å². The summed E-state index contributed by atoms with van der Waals surface area (Å²) in [6, 6.07) is 0.329. The molecular weight excluding hydrogens is 138 g/mol. The Balaban J connectivity index is 2.32. The number of rotatable bonds is 2. The fourth-order valence-electron chi connectivity index (χ4n) is 1.61. The van der Waals surface area contributed by atoms with Crippen LogP contribution in [0.25, 0.3) is 0 Å². The smallest absolute Gasteiger partial charge is 0.0509 e. The Kier molecular flexibility index (Phi) is 3.34. The van der Waals surface area contributed by atoms with Crippen molar-refractivity contribution in [1.82, 2.24) is 0 Å². The standard InChI is InChI=1S/C9H19NO/c1-7(2)9(10)8-4-3-5-11-6-8/h7-9H,3-6,10H2,1-2H3/t8-,9+/m0/s1. The Hall–Kier alpha value is -0.0800. The summed E-state index contributed by atoms with van der Waals surface area (Å²) in [4.78, 5) is 0. The number of hydrogen-bond acceptors (Lipinski definition) is 2. The van der Waals surface area contributed by atoms with E-state index in [2.05, 4.69) is 13.8 Å². The van der Waals surface area contributed by atoms with Crippen LogP contribution in [0.3, 0.4) is 0 Å². The van der Waals surface area contributed by atoms with Gasteiger partial charge in [0.1, 0.15) is 0 Å². The normalized spacial score (nSPS) is 28.9. The molecule has 0 aliphatic carbocycles. The maximum atomic E-state index is 6.01. The highest BCUT2D eigenvalue weighted by molar-refractivity contribution is 4.77. The molecule has 0 spiro atoms. The molecule has 2 nitrogen and oxygen atoms in total. The van der Waals surface area contributed by atoms with Crippen LogP contribution in [0.1, 0.15) is 26.7 Å². The van der Waals surface area contributed by atoms with Crippen molar-refractivity contribution in [3.05, 3.63) is 0 Å². The number of ether oxygens (including phenoxy) is 1. The first kappa shape index (κ1) is 9.01. The third-order valence-electron chi connectivity index (χ3n) is 2.51. The Morgan fingerprint density at radius 2 is 2.18 bits per heavy atom. The van der Waals surface area contributed by atoms with E-state index in [9.17, 15) is 0 Å². The van der Waals surface area contributed by atoms with Gasteiger partial charge in [-0.3, -0.25) is 0 Å². The van der Waals surface area contributed by atoms with E-state index in [0.717, 1.165) is 13.2 Å². The van der Waals surface area contributed by atoms with Crippen molar-refractivity contribution in [3.8, 4) is 0 Å². The monoisotopic (exact) mass is 157 g/mol. The van der Waals surface area contributed by atoms with E-state index in [1.807, 2.05) is 0 Å². The van der Waals surface area contributed by atoms with Gasteiger partial charge in [-0.15, -0.1) is 0 Å². The van der Waals surface area contributed by atoms with E-state index < -0.39 is 0 Å². The molecule has 1 aliphatic rings. The van der Waals surface area contributed by atoms with Gasteiger partial charge in [0.15, 0.2) is 0 Å². The van der Waals surface area contributed by atoms with Crippen LogP contribution in [-0.2, 0) is 4.74 Å². The summed E-state index contributed by atoms with van der Waals surface area (Å²) in [5, 5.41) is 0. The molecule has 0 aromatic heterocycles. The molecular formula is C9H19NO. The van der Waals surface area contributed by atoms with Gasteiger partial charge in [0.25, 0.3) is 0 Å². The minimum Gasteiger partial charge on any atom is -0.381 e. The molecule has 1 fully saturated rings. The second-order valence-electron chi connectivity index (χ2n) is 3.80. The molecule has 2 N–H and O–H groups in total. The molecule has 11 heavy (non-hydrogen) atoms. The Morgan fingerprint density at radius 1 is 1.45 bits per heavy atom. The summed E-state index contributed by atoms with van der Waals surface area (Å²) in [7, 11) is 0. The van der Waals surface area contributed by atoms with Gasteiger partial charge in [0.05, 0.1) is 6.61 Å². The van der Waals surface area contributed by atoms with Crippen molar-refractivity contribution >= 4 is 0 Å². The van der Waals surface area contributed by atoms with E-state index in [-0.39, 0.29) is 0 Å². The maximum Gasteiger partial charge on any atom is 0.0509 e. The third kappa shape index (κ3) is 2.46. The number of hydrogen-bond donors (Lipinski definition) is 1. The summed E-state index contributed by atoms with van der Waals surface area (Å²) < 4.78 is 5.37. The van der Waals surface area contributed by atoms with Gasteiger partial charge in [-0.05, 0) is 24.7 Å². The van der Waals surface area contributed by atoms with Crippen molar-refractivity contribution in [1.29, 1.82) is 0 Å². The molecule has 0 aromatic rings. The van der Waals surface area contributed by atoms with Gasteiger partial charge >= 0.3 is 0 Å². The predicted octanol–water partition coefficient (Wildman–Crippen LogP) is 1.40. The first-order valence-corrected chi connectivity index (χ1v) is 4.55. The van der Waals surface area contributed by atoms with Gasteiger partial charge in [-0.25, -0.2) is 0 Å². The largest absolute Gasteiger partial charge is 0.381 e. The lowest BCUT2D eigenvalue weighted by Gasteiger charge is -2.29. The van der Waals surface area contributed by atoms with Gasteiger partial charge in [0, 0.05) is 12.6 Å². The molecule has 1 saturated heterocycles. The Bertz CT molecular complexity index is 108. The summed E-state index contributed by atoms with van der Waals surface area (Å²) >= 11 is 0. The van der Waals surface area contributed by atoms with E-state index in [1.165, 1.54) is 12.8 Å². The first-order chi connectivity index (χ1) is 5.22. The highest BCUT2D eigenvalue weighted by Gasteiger charge is 2.22. The molecule has 1 aliphatic heterocycles. The molecule has 0 saturated carbocycles. The van der Waals surface area contributed by atoms with Crippen LogP contribution in [0.2, 0.25) is 0 Å². The zero-order chi connectivity index (χ0) is 8.27. The number of nitrogens with two attached hydrogens (primary N) is 1. The second kappa shape index (κ2) is 4.07. The van der Waals surface area contributed by atoms with Crippen LogP contribution in [-0.4, -0.2) is 19.3 Å². The van der Waals surface area contributed by atoms with E-state index >= 15 is 0 Å². The van der Waals surface area contributed by atoms with E-state index in [4.69, 9.17) is 10.5 Å². The van der Waals surface area contributed by atoms with Crippen LogP contribution in [0.4, 0.5) is 0 Å². The molecule has 0 bridgehead atoms. The summed E-state index contributed by atoms with van der Waals surface area (Å²) in [5.41, 5.74) is 6.01. The fourth-order valence-corrected chi connectivity index (χ4v) is 1.61. The lowest BCUT2D eigenvalue weighted by Crippen LogP contribution is -2.39. The average molecular weight is 157 g/mol. The molecule has 0 aromatic carbocycles. The average Bonchev–Trinajstić information content (AvgIpc) is 2.05. The quantitative estimate of drug-likeness (QED) is 0.657. The summed E-state index contributed by atoms with van der Waals surface area (Å²) in [6.45, 7) is 6.17. The van der Waals surface area contributed by atoms with E-state index in [1.54, 1.807) is 0 Å². The van der Waals surface area contributed by atoms with Crippen molar-refractivity contribution in [2.24, 2.45) is 17.6 Å². The lowest BCUT2D eigenvalue weighted by atomic mass is 9.87. The topological polar surface area (TPSA) is 35.2 Å². The molecule has 0 unspecified atom stereocenters. The van der Waals surface area contributed by atoms with Crippen molar-refractivity contribution in [2.45, 2.75) is 32.7 Å². The SMILES string of the molecule is CC(C)[C@@H](N)[C@H]1CCCOC1. The minimum atomic E-state index is 0.329. The highest BCUT2D eigenvalue weighted by Crippen LogP contribution is 2.20. The molecule has 66 valence electrons. The predicted molar refractivity (Wildman–Crippen MR) is 46.4 cm³/mol. The molecule has 2 heteroatoms. The zero-order valence-corrected chi connectivity index (χ0v) is 7.55.